The molecule has 0 spiro atoms. The average Bonchev–Trinajstić information content (AvgIpc) is 2.41. The van der Waals surface area contributed by atoms with Gasteiger partial charge in [0.1, 0.15) is 0 Å². The molecule has 0 fully saturated rings. The first kappa shape index (κ1) is 10.7. The van der Waals surface area contributed by atoms with E-state index in [9.17, 15) is 4.79 Å². The van der Waals surface area contributed by atoms with Crippen LogP contribution in [0.5, 0.6) is 0 Å². The Morgan fingerprint density at radius 2 is 1.94 bits per heavy atom. The number of pyridine rings is 2. The Hall–Kier alpha value is -2.42. The van der Waals surface area contributed by atoms with Crippen LogP contribution in [0.2, 0.25) is 0 Å². The number of aromatic nitrogens is 2. The van der Waals surface area contributed by atoms with Crippen LogP contribution in [0.4, 0.5) is 0 Å². The minimum atomic E-state index is -0.108. The molecule has 0 aliphatic heterocycles. The molecule has 2 aromatic heterocycles. The zero-order valence-electron chi connectivity index (χ0n) is 9.97. The Morgan fingerprint density at radius 3 is 2.83 bits per heavy atom. The van der Waals surface area contributed by atoms with Crippen molar-refractivity contribution in [1.82, 2.24) is 9.97 Å². The van der Waals surface area contributed by atoms with Gasteiger partial charge in [0.15, 0.2) is 0 Å². The zero-order chi connectivity index (χ0) is 12.5. The van der Waals surface area contributed by atoms with Crippen molar-refractivity contribution in [2.24, 2.45) is 0 Å². The lowest BCUT2D eigenvalue weighted by Gasteiger charge is -2.03. The third-order valence-corrected chi connectivity index (χ3v) is 2.92. The van der Waals surface area contributed by atoms with Gasteiger partial charge >= 0.3 is 0 Å². The van der Waals surface area contributed by atoms with Crippen LogP contribution in [-0.4, -0.2) is 9.97 Å². The van der Waals surface area contributed by atoms with E-state index in [1.54, 1.807) is 6.20 Å². The van der Waals surface area contributed by atoms with Crippen LogP contribution in [0.3, 0.4) is 0 Å². The van der Waals surface area contributed by atoms with E-state index in [-0.39, 0.29) is 5.56 Å². The SMILES string of the molecule is Cc1c[nH]c(=O)c(-c2ccc3ccccc3n2)c1. The molecule has 3 heteroatoms. The molecule has 3 rings (SSSR count). The van der Waals surface area contributed by atoms with E-state index in [0.29, 0.717) is 11.3 Å². The Bertz CT molecular complexity index is 775. The Balaban J connectivity index is 2.25. The largest absolute Gasteiger partial charge is 0.328 e. The Labute approximate surface area is 104 Å². The highest BCUT2D eigenvalue weighted by molar-refractivity contribution is 5.81. The number of para-hydroxylation sites is 1. The van der Waals surface area contributed by atoms with Gasteiger partial charge in [0, 0.05) is 11.6 Å². The van der Waals surface area contributed by atoms with E-state index in [1.807, 2.05) is 49.4 Å². The van der Waals surface area contributed by atoms with Crippen LogP contribution in [0.15, 0.2) is 53.5 Å². The highest BCUT2D eigenvalue weighted by Gasteiger charge is 2.05. The smallest absolute Gasteiger partial charge is 0.257 e. The topological polar surface area (TPSA) is 45.8 Å². The summed E-state index contributed by atoms with van der Waals surface area (Å²) in [7, 11) is 0. The van der Waals surface area contributed by atoms with Crippen LogP contribution in [-0.2, 0) is 0 Å². The van der Waals surface area contributed by atoms with Crippen molar-refractivity contribution in [3.63, 3.8) is 0 Å². The maximum absolute atomic E-state index is 11.8. The summed E-state index contributed by atoms with van der Waals surface area (Å²) in [5.74, 6) is 0. The van der Waals surface area contributed by atoms with Crippen molar-refractivity contribution in [2.45, 2.75) is 6.92 Å². The van der Waals surface area contributed by atoms with Crippen LogP contribution in [0.25, 0.3) is 22.2 Å². The van der Waals surface area contributed by atoms with E-state index < -0.39 is 0 Å². The number of H-pyrrole nitrogens is 1. The van der Waals surface area contributed by atoms with Crippen molar-refractivity contribution in [3.05, 3.63) is 64.6 Å². The molecular formula is C15H12N2O. The predicted octanol–water partition coefficient (Wildman–Crippen LogP) is 2.90. The molecule has 1 N–H and O–H groups in total. The molecule has 0 bridgehead atoms. The van der Waals surface area contributed by atoms with Crippen molar-refractivity contribution in [1.29, 1.82) is 0 Å². The first-order valence-corrected chi connectivity index (χ1v) is 5.79. The number of benzene rings is 1. The standard InChI is InChI=1S/C15H12N2O/c1-10-8-12(15(18)16-9-10)14-7-6-11-4-2-3-5-13(11)17-14/h2-9H,1H3,(H,16,18). The van der Waals surface area contributed by atoms with Crippen LogP contribution in [0, 0.1) is 6.92 Å². The van der Waals surface area contributed by atoms with Gasteiger partial charge in [-0.25, -0.2) is 4.98 Å². The molecule has 0 aliphatic rings. The van der Waals surface area contributed by atoms with E-state index in [4.69, 9.17) is 0 Å². The van der Waals surface area contributed by atoms with E-state index in [1.165, 1.54) is 0 Å². The third-order valence-electron chi connectivity index (χ3n) is 2.92. The van der Waals surface area contributed by atoms with Crippen molar-refractivity contribution >= 4 is 10.9 Å². The first-order chi connectivity index (χ1) is 8.74. The fourth-order valence-electron chi connectivity index (χ4n) is 2.00. The second kappa shape index (κ2) is 4.11. The van der Waals surface area contributed by atoms with E-state index in [0.717, 1.165) is 16.5 Å². The van der Waals surface area contributed by atoms with E-state index >= 15 is 0 Å². The van der Waals surface area contributed by atoms with Crippen LogP contribution in [0.1, 0.15) is 5.56 Å². The highest BCUT2D eigenvalue weighted by atomic mass is 16.1. The Kier molecular flexibility index (Phi) is 2.45. The number of rotatable bonds is 1. The van der Waals surface area contributed by atoms with Gasteiger partial charge in [0.2, 0.25) is 0 Å². The molecule has 2 heterocycles. The number of nitrogens with one attached hydrogen (secondary N) is 1. The van der Waals surface area contributed by atoms with Crippen LogP contribution >= 0.6 is 0 Å². The summed E-state index contributed by atoms with van der Waals surface area (Å²) >= 11 is 0. The molecule has 0 radical (unpaired) electrons. The van der Waals surface area contributed by atoms with Gasteiger partial charge in [-0.2, -0.15) is 0 Å². The van der Waals surface area contributed by atoms with Crippen molar-refractivity contribution in [2.75, 3.05) is 0 Å². The average molecular weight is 236 g/mol. The number of aromatic amines is 1. The number of nitrogens with zero attached hydrogens (tertiary/aromatic N) is 1. The van der Waals surface area contributed by atoms with Gasteiger partial charge in [-0.1, -0.05) is 24.3 Å². The normalized spacial score (nSPS) is 10.7. The quantitative estimate of drug-likeness (QED) is 0.706. The van der Waals surface area contributed by atoms with Crippen molar-refractivity contribution < 1.29 is 0 Å². The van der Waals surface area contributed by atoms with E-state index in [2.05, 4.69) is 9.97 Å². The highest BCUT2D eigenvalue weighted by Crippen LogP contribution is 2.18. The number of fused-ring (bicyclic) bond motifs is 1. The molecule has 18 heavy (non-hydrogen) atoms. The molecule has 1 aromatic carbocycles. The summed E-state index contributed by atoms with van der Waals surface area (Å²) in [6.07, 6.45) is 1.70. The molecule has 0 atom stereocenters. The van der Waals surface area contributed by atoms with Crippen LogP contribution < -0.4 is 5.56 Å². The molecule has 3 aromatic rings. The lowest BCUT2D eigenvalue weighted by Crippen LogP contribution is -2.09. The fourth-order valence-corrected chi connectivity index (χ4v) is 2.00. The molecule has 0 amide bonds. The molecule has 0 saturated heterocycles. The van der Waals surface area contributed by atoms with Gasteiger partial charge in [0.25, 0.3) is 5.56 Å². The second-order valence-electron chi connectivity index (χ2n) is 4.31. The summed E-state index contributed by atoms with van der Waals surface area (Å²) in [6.45, 7) is 1.94. The third kappa shape index (κ3) is 1.80. The molecule has 0 aliphatic carbocycles. The van der Waals surface area contributed by atoms with Gasteiger partial charge in [0.05, 0.1) is 16.8 Å². The minimum absolute atomic E-state index is 0.108. The first-order valence-electron chi connectivity index (χ1n) is 5.79. The maximum Gasteiger partial charge on any atom is 0.257 e. The summed E-state index contributed by atoms with van der Waals surface area (Å²) < 4.78 is 0. The summed E-state index contributed by atoms with van der Waals surface area (Å²) in [4.78, 5) is 19.1. The van der Waals surface area contributed by atoms with Gasteiger partial charge in [-0.15, -0.1) is 0 Å². The fraction of sp³-hybridized carbons (Fsp3) is 0.0667. The lowest BCUT2D eigenvalue weighted by atomic mass is 10.1. The van der Waals surface area contributed by atoms with Crippen molar-refractivity contribution in [3.8, 4) is 11.3 Å². The molecule has 0 unspecified atom stereocenters. The predicted molar refractivity (Wildman–Crippen MR) is 72.5 cm³/mol. The Morgan fingerprint density at radius 1 is 1.11 bits per heavy atom. The number of hydrogen-bond acceptors (Lipinski definition) is 2. The molecule has 3 nitrogen and oxygen atoms in total. The van der Waals surface area contributed by atoms with Gasteiger partial charge in [-0.05, 0) is 30.7 Å². The molecular weight excluding hydrogens is 224 g/mol. The second-order valence-corrected chi connectivity index (χ2v) is 4.31. The minimum Gasteiger partial charge on any atom is -0.328 e. The number of hydrogen-bond donors (Lipinski definition) is 1. The summed E-state index contributed by atoms with van der Waals surface area (Å²) in [5, 5.41) is 1.07. The lowest BCUT2D eigenvalue weighted by molar-refractivity contribution is 1.19. The molecule has 0 saturated carbocycles. The summed E-state index contributed by atoms with van der Waals surface area (Å²) in [6, 6.07) is 13.6. The molecule has 88 valence electrons. The van der Waals surface area contributed by atoms with Gasteiger partial charge in [-0.3, -0.25) is 4.79 Å². The summed E-state index contributed by atoms with van der Waals surface area (Å²) in [5.41, 5.74) is 3.12. The monoisotopic (exact) mass is 236 g/mol. The zero-order valence-corrected chi connectivity index (χ0v) is 9.97. The maximum atomic E-state index is 11.8. The van der Waals surface area contributed by atoms with Gasteiger partial charge < -0.3 is 4.98 Å². The number of aryl methyl sites for hydroxylation is 1.